The first-order chi connectivity index (χ1) is 9.90. The fraction of sp³-hybridized carbons (Fsp3) is 0.286. The molecule has 0 unspecified atom stereocenters. The highest BCUT2D eigenvalue weighted by Crippen LogP contribution is 2.35. The van der Waals surface area contributed by atoms with Crippen molar-refractivity contribution >= 4 is 0 Å². The van der Waals surface area contributed by atoms with Gasteiger partial charge in [-0.3, -0.25) is 0 Å². The lowest BCUT2D eigenvalue weighted by molar-refractivity contribution is 0.292. The summed E-state index contributed by atoms with van der Waals surface area (Å²) in [4.78, 5) is 8.82. The molecule has 0 radical (unpaired) electrons. The summed E-state index contributed by atoms with van der Waals surface area (Å²) in [6, 6.07) is 5.68. The second kappa shape index (κ2) is 4.56. The Balaban J connectivity index is 1.60. The number of aromatic nitrogens is 5. The van der Waals surface area contributed by atoms with Crippen molar-refractivity contribution in [2.75, 3.05) is 0 Å². The third-order valence-corrected chi connectivity index (χ3v) is 3.64. The summed E-state index contributed by atoms with van der Waals surface area (Å²) < 4.78 is 7.03. The van der Waals surface area contributed by atoms with Gasteiger partial charge < -0.3 is 4.52 Å². The van der Waals surface area contributed by atoms with E-state index in [1.165, 1.54) is 6.42 Å². The van der Waals surface area contributed by atoms with Crippen LogP contribution in [0.1, 0.15) is 31.1 Å². The molecule has 1 saturated carbocycles. The predicted octanol–water partition coefficient (Wildman–Crippen LogP) is 2.58. The highest BCUT2D eigenvalue weighted by atomic mass is 16.5. The van der Waals surface area contributed by atoms with Crippen LogP contribution in [0, 0.1) is 0 Å². The van der Waals surface area contributed by atoms with Gasteiger partial charge in [-0.15, -0.1) is 0 Å². The minimum Gasteiger partial charge on any atom is -0.339 e. The topological polar surface area (TPSA) is 69.6 Å². The average Bonchev–Trinajstić information content (AvgIpc) is 3.08. The van der Waals surface area contributed by atoms with Crippen molar-refractivity contribution in [2.45, 2.75) is 25.2 Å². The molecule has 0 N–H and O–H groups in total. The van der Waals surface area contributed by atoms with Crippen molar-refractivity contribution in [1.82, 2.24) is 24.9 Å². The van der Waals surface area contributed by atoms with Crippen LogP contribution >= 0.6 is 0 Å². The van der Waals surface area contributed by atoms with E-state index in [1.54, 1.807) is 17.1 Å². The molecule has 100 valence electrons. The molecule has 4 rings (SSSR count). The van der Waals surface area contributed by atoms with Crippen LogP contribution in [0.3, 0.4) is 0 Å². The van der Waals surface area contributed by atoms with Crippen molar-refractivity contribution in [2.24, 2.45) is 0 Å². The van der Waals surface area contributed by atoms with Crippen molar-refractivity contribution in [1.29, 1.82) is 0 Å². The molecule has 0 bridgehead atoms. The molecule has 1 aliphatic rings. The Hall–Kier alpha value is -2.50. The molecule has 3 heterocycles. The van der Waals surface area contributed by atoms with Crippen LogP contribution in [0.2, 0.25) is 0 Å². The molecule has 0 saturated heterocycles. The zero-order valence-corrected chi connectivity index (χ0v) is 10.8. The molecule has 3 aromatic rings. The molecular formula is C14H13N5O. The van der Waals surface area contributed by atoms with E-state index in [9.17, 15) is 0 Å². The Morgan fingerprint density at radius 1 is 1.25 bits per heavy atom. The molecule has 0 aliphatic heterocycles. The van der Waals surface area contributed by atoms with E-state index >= 15 is 0 Å². The summed E-state index contributed by atoms with van der Waals surface area (Å²) in [6.45, 7) is 0. The Morgan fingerprint density at radius 3 is 2.85 bits per heavy atom. The van der Waals surface area contributed by atoms with Gasteiger partial charge in [0.15, 0.2) is 5.82 Å². The molecule has 1 aliphatic carbocycles. The van der Waals surface area contributed by atoms with Crippen LogP contribution < -0.4 is 0 Å². The first-order valence-electron chi connectivity index (χ1n) is 6.70. The Labute approximate surface area is 115 Å². The van der Waals surface area contributed by atoms with Crippen LogP contribution in [0.4, 0.5) is 0 Å². The van der Waals surface area contributed by atoms with Gasteiger partial charge in [0.2, 0.25) is 11.7 Å². The number of nitrogens with zero attached hydrogens (tertiary/aromatic N) is 5. The monoisotopic (exact) mass is 267 g/mol. The van der Waals surface area contributed by atoms with Crippen LogP contribution in [-0.2, 0) is 0 Å². The van der Waals surface area contributed by atoms with Crippen LogP contribution in [0.25, 0.3) is 17.2 Å². The summed E-state index contributed by atoms with van der Waals surface area (Å²) in [6.07, 6.45) is 8.87. The average molecular weight is 267 g/mol. The summed E-state index contributed by atoms with van der Waals surface area (Å²) in [7, 11) is 0. The predicted molar refractivity (Wildman–Crippen MR) is 71.2 cm³/mol. The van der Waals surface area contributed by atoms with Gasteiger partial charge in [0.1, 0.15) is 0 Å². The van der Waals surface area contributed by atoms with Gasteiger partial charge in [-0.05, 0) is 31.0 Å². The highest BCUT2D eigenvalue weighted by Gasteiger charge is 2.25. The highest BCUT2D eigenvalue weighted by molar-refractivity contribution is 5.53. The minimum absolute atomic E-state index is 0.451. The molecule has 3 aromatic heterocycles. The van der Waals surface area contributed by atoms with Crippen LogP contribution in [0.5, 0.6) is 0 Å². The third-order valence-electron chi connectivity index (χ3n) is 3.64. The number of hydrogen-bond donors (Lipinski definition) is 0. The van der Waals surface area contributed by atoms with Gasteiger partial charge in [0.05, 0.1) is 0 Å². The lowest BCUT2D eigenvalue weighted by atomic mass is 9.85. The van der Waals surface area contributed by atoms with Gasteiger partial charge in [0, 0.05) is 30.1 Å². The second-order valence-corrected chi connectivity index (χ2v) is 4.94. The third kappa shape index (κ3) is 1.89. The molecule has 6 heteroatoms. The molecule has 0 atom stereocenters. The molecule has 1 fully saturated rings. The van der Waals surface area contributed by atoms with Crippen molar-refractivity contribution in [3.05, 3.63) is 42.7 Å². The van der Waals surface area contributed by atoms with E-state index in [0.29, 0.717) is 11.7 Å². The molecular weight excluding hydrogens is 254 g/mol. The van der Waals surface area contributed by atoms with Gasteiger partial charge in [-0.2, -0.15) is 10.1 Å². The first-order valence-corrected chi connectivity index (χ1v) is 6.70. The Morgan fingerprint density at radius 2 is 2.20 bits per heavy atom. The summed E-state index contributed by atoms with van der Waals surface area (Å²) >= 11 is 0. The van der Waals surface area contributed by atoms with Crippen molar-refractivity contribution < 1.29 is 4.52 Å². The van der Waals surface area contributed by atoms with E-state index in [-0.39, 0.29) is 0 Å². The number of pyridine rings is 1. The lowest BCUT2D eigenvalue weighted by Crippen LogP contribution is -2.08. The zero-order chi connectivity index (χ0) is 13.4. The van der Waals surface area contributed by atoms with E-state index < -0.39 is 0 Å². The lowest BCUT2D eigenvalue weighted by Gasteiger charge is -2.20. The summed E-state index contributed by atoms with van der Waals surface area (Å²) in [5.41, 5.74) is 0.857. The second-order valence-electron chi connectivity index (χ2n) is 4.94. The van der Waals surface area contributed by atoms with Crippen LogP contribution in [-0.4, -0.2) is 24.9 Å². The number of rotatable bonds is 3. The van der Waals surface area contributed by atoms with E-state index in [1.807, 2.05) is 24.4 Å². The van der Waals surface area contributed by atoms with E-state index in [0.717, 1.165) is 30.1 Å². The molecule has 20 heavy (non-hydrogen) atoms. The summed E-state index contributed by atoms with van der Waals surface area (Å²) in [5, 5.41) is 8.17. The smallest absolute Gasteiger partial charge is 0.230 e. The Bertz CT molecular complexity index is 698. The quantitative estimate of drug-likeness (QED) is 0.729. The van der Waals surface area contributed by atoms with E-state index in [2.05, 4.69) is 20.2 Å². The first kappa shape index (κ1) is 11.3. The fourth-order valence-corrected chi connectivity index (χ4v) is 2.23. The fourth-order valence-electron chi connectivity index (χ4n) is 2.23. The molecule has 0 amide bonds. The molecule has 0 aromatic carbocycles. The minimum atomic E-state index is 0.451. The maximum Gasteiger partial charge on any atom is 0.230 e. The van der Waals surface area contributed by atoms with Gasteiger partial charge in [0.25, 0.3) is 0 Å². The van der Waals surface area contributed by atoms with Crippen LogP contribution in [0.15, 0.2) is 41.3 Å². The number of hydrogen-bond acceptors (Lipinski definition) is 5. The maximum absolute atomic E-state index is 5.32. The van der Waals surface area contributed by atoms with Crippen molar-refractivity contribution in [3.63, 3.8) is 0 Å². The molecule has 6 nitrogen and oxygen atoms in total. The normalized spacial score (nSPS) is 15.2. The van der Waals surface area contributed by atoms with E-state index in [4.69, 9.17) is 4.52 Å². The van der Waals surface area contributed by atoms with Crippen molar-refractivity contribution in [3.8, 4) is 17.2 Å². The SMILES string of the molecule is c1cnn(-c2ccc(-c3noc(C4CCC4)n3)cn2)c1. The maximum atomic E-state index is 5.32. The standard InChI is InChI=1S/C14H13N5O/c1-3-10(4-1)14-17-13(18-20-14)11-5-6-12(15-9-11)19-8-2-7-16-19/h2,5-10H,1,3-4H2. The van der Waals surface area contributed by atoms with Gasteiger partial charge in [-0.1, -0.05) is 11.6 Å². The zero-order valence-electron chi connectivity index (χ0n) is 10.8. The van der Waals surface area contributed by atoms with Gasteiger partial charge >= 0.3 is 0 Å². The Kier molecular flexibility index (Phi) is 2.58. The van der Waals surface area contributed by atoms with Gasteiger partial charge in [-0.25, -0.2) is 9.67 Å². The summed E-state index contributed by atoms with van der Waals surface area (Å²) in [5.74, 6) is 2.57. The largest absolute Gasteiger partial charge is 0.339 e. The molecule has 0 spiro atoms.